The standard InChI is InChI=1S/C14H18F3N/c1-10-5-7-18(8-6-10)13-4-3-12(9-11(13)2)14(15,16)17/h3-4,9-10H,5-8H2,1-2H3. The molecule has 1 heterocycles. The summed E-state index contributed by atoms with van der Waals surface area (Å²) in [6, 6.07) is 4.03. The van der Waals surface area contributed by atoms with Crippen LogP contribution in [0, 0.1) is 12.8 Å². The van der Waals surface area contributed by atoms with Crippen LogP contribution in [-0.4, -0.2) is 13.1 Å². The maximum Gasteiger partial charge on any atom is 0.416 e. The smallest absolute Gasteiger partial charge is 0.371 e. The summed E-state index contributed by atoms with van der Waals surface area (Å²) in [5.74, 6) is 0.719. The number of hydrogen-bond donors (Lipinski definition) is 0. The highest BCUT2D eigenvalue weighted by atomic mass is 19.4. The highest BCUT2D eigenvalue weighted by Gasteiger charge is 2.31. The predicted octanol–water partition coefficient (Wildman–Crippen LogP) is 4.25. The van der Waals surface area contributed by atoms with E-state index in [0.29, 0.717) is 5.56 Å². The minimum Gasteiger partial charge on any atom is -0.371 e. The molecule has 0 unspecified atom stereocenters. The van der Waals surface area contributed by atoms with Gasteiger partial charge in [-0.25, -0.2) is 0 Å². The molecule has 1 aliphatic rings. The fourth-order valence-electron chi connectivity index (χ4n) is 2.44. The Morgan fingerprint density at radius 2 is 1.78 bits per heavy atom. The van der Waals surface area contributed by atoms with Crippen LogP contribution in [0.3, 0.4) is 0 Å². The number of nitrogens with zero attached hydrogens (tertiary/aromatic N) is 1. The van der Waals surface area contributed by atoms with Crippen LogP contribution in [-0.2, 0) is 6.18 Å². The van der Waals surface area contributed by atoms with Gasteiger partial charge in [-0.05, 0) is 49.4 Å². The maximum absolute atomic E-state index is 12.6. The molecule has 0 spiro atoms. The highest BCUT2D eigenvalue weighted by molar-refractivity contribution is 5.55. The summed E-state index contributed by atoms with van der Waals surface area (Å²) in [6.07, 6.45) is -2.03. The molecule has 0 saturated carbocycles. The van der Waals surface area contributed by atoms with E-state index in [9.17, 15) is 13.2 Å². The lowest BCUT2D eigenvalue weighted by Crippen LogP contribution is -2.33. The normalized spacial score (nSPS) is 18.2. The largest absolute Gasteiger partial charge is 0.416 e. The molecule has 4 heteroatoms. The van der Waals surface area contributed by atoms with E-state index in [1.807, 2.05) is 0 Å². The Hall–Kier alpha value is -1.19. The fraction of sp³-hybridized carbons (Fsp3) is 0.571. The zero-order chi connectivity index (χ0) is 13.3. The molecule has 1 saturated heterocycles. The molecule has 0 aromatic heterocycles. The Balaban J connectivity index is 2.20. The Morgan fingerprint density at radius 3 is 2.28 bits per heavy atom. The minimum atomic E-state index is -4.25. The quantitative estimate of drug-likeness (QED) is 0.727. The van der Waals surface area contributed by atoms with Crippen LogP contribution >= 0.6 is 0 Å². The van der Waals surface area contributed by atoms with Gasteiger partial charge in [-0.2, -0.15) is 13.2 Å². The van der Waals surface area contributed by atoms with Gasteiger partial charge in [0.2, 0.25) is 0 Å². The second-order valence-electron chi connectivity index (χ2n) is 5.17. The summed E-state index contributed by atoms with van der Waals surface area (Å²) in [5.41, 5.74) is 1.09. The van der Waals surface area contributed by atoms with Gasteiger partial charge < -0.3 is 4.90 Å². The van der Waals surface area contributed by atoms with Crippen molar-refractivity contribution in [3.05, 3.63) is 29.3 Å². The first-order chi connectivity index (χ1) is 8.38. The average Bonchev–Trinajstić information content (AvgIpc) is 2.29. The SMILES string of the molecule is Cc1cc(C(F)(F)F)ccc1N1CCC(C)CC1. The van der Waals surface area contributed by atoms with E-state index in [1.54, 1.807) is 13.0 Å². The molecule has 0 atom stereocenters. The van der Waals surface area contributed by atoms with E-state index < -0.39 is 11.7 Å². The number of anilines is 1. The predicted molar refractivity (Wildman–Crippen MR) is 66.8 cm³/mol. The summed E-state index contributed by atoms with van der Waals surface area (Å²) < 4.78 is 37.7. The van der Waals surface area contributed by atoms with Crippen LogP contribution < -0.4 is 4.90 Å². The Kier molecular flexibility index (Phi) is 3.55. The first kappa shape index (κ1) is 13.2. The van der Waals surface area contributed by atoms with Gasteiger partial charge in [-0.15, -0.1) is 0 Å². The molecule has 0 amide bonds. The topological polar surface area (TPSA) is 3.24 Å². The van der Waals surface area contributed by atoms with Crippen molar-refractivity contribution in [1.82, 2.24) is 0 Å². The molecule has 0 bridgehead atoms. The number of benzene rings is 1. The molecule has 1 aliphatic heterocycles. The van der Waals surface area contributed by atoms with Crippen molar-refractivity contribution < 1.29 is 13.2 Å². The zero-order valence-corrected chi connectivity index (χ0v) is 10.7. The Morgan fingerprint density at radius 1 is 1.17 bits per heavy atom. The van der Waals surface area contributed by atoms with Gasteiger partial charge in [-0.3, -0.25) is 0 Å². The van der Waals surface area contributed by atoms with Gasteiger partial charge in [0.25, 0.3) is 0 Å². The van der Waals surface area contributed by atoms with Crippen molar-refractivity contribution in [2.45, 2.75) is 32.9 Å². The number of aryl methyl sites for hydroxylation is 1. The van der Waals surface area contributed by atoms with Crippen molar-refractivity contribution >= 4 is 5.69 Å². The van der Waals surface area contributed by atoms with Gasteiger partial charge in [-0.1, -0.05) is 6.92 Å². The summed E-state index contributed by atoms with van der Waals surface area (Å²) in [6.45, 7) is 5.85. The van der Waals surface area contributed by atoms with Gasteiger partial charge in [0.15, 0.2) is 0 Å². The molecule has 100 valence electrons. The number of hydrogen-bond acceptors (Lipinski definition) is 1. The van der Waals surface area contributed by atoms with E-state index in [-0.39, 0.29) is 0 Å². The Bertz CT molecular complexity index is 418. The third-order valence-corrected chi connectivity index (χ3v) is 3.65. The van der Waals surface area contributed by atoms with Crippen LogP contribution in [0.25, 0.3) is 0 Å². The van der Waals surface area contributed by atoms with E-state index in [2.05, 4.69) is 11.8 Å². The van der Waals surface area contributed by atoms with Gasteiger partial charge in [0.1, 0.15) is 0 Å². The van der Waals surface area contributed by atoms with Crippen molar-refractivity contribution in [3.63, 3.8) is 0 Å². The molecular weight excluding hydrogens is 239 g/mol. The summed E-state index contributed by atoms with van der Waals surface area (Å²) >= 11 is 0. The van der Waals surface area contributed by atoms with E-state index in [1.165, 1.54) is 12.1 Å². The summed E-state index contributed by atoms with van der Waals surface area (Å²) in [7, 11) is 0. The molecule has 0 radical (unpaired) electrons. The lowest BCUT2D eigenvalue weighted by Gasteiger charge is -2.33. The average molecular weight is 257 g/mol. The minimum absolute atomic E-state index is 0.561. The van der Waals surface area contributed by atoms with Gasteiger partial charge >= 0.3 is 6.18 Å². The highest BCUT2D eigenvalue weighted by Crippen LogP contribution is 2.33. The van der Waals surface area contributed by atoms with E-state index in [0.717, 1.165) is 37.5 Å². The maximum atomic E-state index is 12.6. The molecule has 1 fully saturated rings. The molecule has 1 aromatic carbocycles. The van der Waals surface area contributed by atoms with Crippen LogP contribution in [0.2, 0.25) is 0 Å². The van der Waals surface area contributed by atoms with Crippen LogP contribution in [0.15, 0.2) is 18.2 Å². The van der Waals surface area contributed by atoms with E-state index in [4.69, 9.17) is 0 Å². The third kappa shape index (κ3) is 2.79. The lowest BCUT2D eigenvalue weighted by molar-refractivity contribution is -0.137. The molecule has 1 aromatic rings. The second-order valence-corrected chi connectivity index (χ2v) is 5.17. The monoisotopic (exact) mass is 257 g/mol. The van der Waals surface area contributed by atoms with E-state index >= 15 is 0 Å². The van der Waals surface area contributed by atoms with Crippen LogP contribution in [0.5, 0.6) is 0 Å². The first-order valence-corrected chi connectivity index (χ1v) is 6.30. The van der Waals surface area contributed by atoms with Crippen molar-refractivity contribution in [1.29, 1.82) is 0 Å². The van der Waals surface area contributed by atoms with Crippen molar-refractivity contribution in [2.75, 3.05) is 18.0 Å². The van der Waals surface area contributed by atoms with Crippen LogP contribution in [0.4, 0.5) is 18.9 Å². The van der Waals surface area contributed by atoms with Crippen molar-refractivity contribution in [3.8, 4) is 0 Å². The third-order valence-electron chi connectivity index (χ3n) is 3.65. The van der Waals surface area contributed by atoms with Crippen molar-refractivity contribution in [2.24, 2.45) is 5.92 Å². The van der Waals surface area contributed by atoms with Gasteiger partial charge in [0, 0.05) is 18.8 Å². The molecule has 1 nitrogen and oxygen atoms in total. The number of rotatable bonds is 1. The van der Waals surface area contributed by atoms with Crippen LogP contribution in [0.1, 0.15) is 30.9 Å². The zero-order valence-electron chi connectivity index (χ0n) is 10.7. The first-order valence-electron chi connectivity index (χ1n) is 6.30. The lowest BCUT2D eigenvalue weighted by atomic mass is 9.98. The second kappa shape index (κ2) is 4.82. The van der Waals surface area contributed by atoms with Gasteiger partial charge in [0.05, 0.1) is 5.56 Å². The molecule has 0 aliphatic carbocycles. The molecule has 18 heavy (non-hydrogen) atoms. The summed E-state index contributed by atoms with van der Waals surface area (Å²) in [4.78, 5) is 2.19. The molecule has 2 rings (SSSR count). The molecular formula is C14H18F3N. The number of piperidine rings is 1. The number of halogens is 3. The molecule has 0 N–H and O–H groups in total. The number of alkyl halides is 3. The summed E-state index contributed by atoms with van der Waals surface area (Å²) in [5, 5.41) is 0. The Labute approximate surface area is 106 Å². The fourth-order valence-corrected chi connectivity index (χ4v) is 2.44.